The van der Waals surface area contributed by atoms with Crippen molar-refractivity contribution >= 4 is 37.4 Å². The lowest BCUT2D eigenvalue weighted by atomic mass is 9.80. The normalized spacial score (nSPS) is 18.5. The zero-order valence-electron chi connectivity index (χ0n) is 38.0. The fourth-order valence-electron chi connectivity index (χ4n) is 10.1. The maximum absolute atomic E-state index is 11.6. The van der Waals surface area contributed by atoms with Crippen molar-refractivity contribution in [3.63, 3.8) is 0 Å². The van der Waals surface area contributed by atoms with Crippen LogP contribution in [0.1, 0.15) is 58.2 Å². The topological polar surface area (TPSA) is 57.2 Å². The van der Waals surface area contributed by atoms with Gasteiger partial charge < -0.3 is 23.4 Å². The molecule has 5 nitrogen and oxygen atoms in total. The molecule has 7 aromatic carbocycles. The fraction of sp³-hybridized carbons (Fsp3) is 0.263. The highest BCUT2D eigenvalue weighted by Gasteiger charge is 2.60. The van der Waals surface area contributed by atoms with Crippen molar-refractivity contribution < 1.29 is 23.4 Å². The summed E-state index contributed by atoms with van der Waals surface area (Å²) in [5.41, 5.74) is 1.97. The van der Waals surface area contributed by atoms with Crippen molar-refractivity contribution in [3.8, 4) is 0 Å². The van der Waals surface area contributed by atoms with Crippen LogP contribution in [-0.2, 0) is 23.9 Å². The van der Waals surface area contributed by atoms with Crippen molar-refractivity contribution in [1.82, 2.24) is 0 Å². The molecule has 7 heteroatoms. The quantitative estimate of drug-likeness (QED) is 0.0822. The minimum Gasteiger partial charge on any atom is -0.399 e. The highest BCUT2D eigenvalue weighted by Crippen LogP contribution is 2.46. The Morgan fingerprint density at radius 3 is 0.938 bits per heavy atom. The van der Waals surface area contributed by atoms with Crippen LogP contribution < -0.4 is 20.7 Å². The van der Waals surface area contributed by atoms with Gasteiger partial charge in [0.1, 0.15) is 30.0 Å². The molecule has 1 fully saturated rings. The standard InChI is InChI=1S/C57H62O5Si2/c1-55(2,3)63(47-34-20-10-21-35-47,48-36-22-11-23-37-48)61-53-51(42-58)60-52(54(53)62-64(56(4,5)6,49-38-24-12-25-39-49)50-40-26-13-27-41-50)43-59-57(44-28-14-7-15-29-44,45-30-16-8-17-31-45)46-32-18-9-19-33-46/h7-41,51-54,58H,42-43H2,1-6H3/t51-,52-,53-,54-/m1/s1. The molecule has 0 spiro atoms. The second-order valence-corrected chi connectivity index (χ2v) is 27.5. The number of aliphatic hydroxyl groups excluding tert-OH is 1. The largest absolute Gasteiger partial charge is 0.399 e. The first-order chi connectivity index (χ1) is 31.0. The monoisotopic (exact) mass is 882 g/mol. The predicted molar refractivity (Wildman–Crippen MR) is 266 cm³/mol. The Bertz CT molecular complexity index is 2320. The molecule has 1 saturated heterocycles. The minimum absolute atomic E-state index is 0.138. The van der Waals surface area contributed by atoms with E-state index in [2.05, 4.69) is 236 Å². The van der Waals surface area contributed by atoms with Crippen molar-refractivity contribution in [1.29, 1.82) is 0 Å². The molecule has 0 saturated carbocycles. The van der Waals surface area contributed by atoms with Crippen LogP contribution in [0.15, 0.2) is 212 Å². The van der Waals surface area contributed by atoms with Gasteiger partial charge >= 0.3 is 0 Å². The van der Waals surface area contributed by atoms with Crippen molar-refractivity contribution in [2.75, 3.05) is 13.2 Å². The van der Waals surface area contributed by atoms with Crippen LogP contribution >= 0.6 is 0 Å². The van der Waals surface area contributed by atoms with Crippen LogP contribution in [0.5, 0.6) is 0 Å². The van der Waals surface area contributed by atoms with E-state index in [1.165, 1.54) is 0 Å². The summed E-state index contributed by atoms with van der Waals surface area (Å²) in [6, 6.07) is 74.2. The van der Waals surface area contributed by atoms with Gasteiger partial charge in [0.05, 0.1) is 13.2 Å². The summed E-state index contributed by atoms with van der Waals surface area (Å²) in [6.07, 6.45) is -2.74. The Labute approximate surface area is 382 Å². The van der Waals surface area contributed by atoms with Crippen molar-refractivity contribution in [2.24, 2.45) is 0 Å². The third-order valence-electron chi connectivity index (χ3n) is 13.1. The molecule has 0 radical (unpaired) electrons. The molecule has 4 atom stereocenters. The number of ether oxygens (including phenoxy) is 2. The Morgan fingerprint density at radius 1 is 0.406 bits per heavy atom. The van der Waals surface area contributed by atoms with Gasteiger partial charge in [-0.2, -0.15) is 0 Å². The van der Waals surface area contributed by atoms with E-state index in [0.29, 0.717) is 0 Å². The molecule has 0 aromatic heterocycles. The van der Waals surface area contributed by atoms with E-state index in [-0.39, 0.29) is 23.3 Å². The molecule has 0 bridgehead atoms. The van der Waals surface area contributed by atoms with Crippen molar-refractivity contribution in [2.45, 2.75) is 81.6 Å². The molecule has 1 heterocycles. The Morgan fingerprint density at radius 2 is 0.672 bits per heavy atom. The number of rotatable bonds is 15. The molecule has 64 heavy (non-hydrogen) atoms. The number of aliphatic hydroxyl groups is 1. The smallest absolute Gasteiger partial charge is 0.261 e. The molecule has 0 unspecified atom stereocenters. The summed E-state index contributed by atoms with van der Waals surface area (Å²) in [6.45, 7) is 13.6. The predicted octanol–water partition coefficient (Wildman–Crippen LogP) is 9.65. The first-order valence-electron chi connectivity index (χ1n) is 22.6. The van der Waals surface area contributed by atoms with Gasteiger partial charge in [-0.05, 0) is 47.5 Å². The zero-order valence-corrected chi connectivity index (χ0v) is 40.0. The lowest BCUT2D eigenvalue weighted by Gasteiger charge is -2.49. The van der Waals surface area contributed by atoms with E-state index < -0.39 is 46.7 Å². The lowest BCUT2D eigenvalue weighted by Crippen LogP contribution is -2.72. The third kappa shape index (κ3) is 8.43. The lowest BCUT2D eigenvalue weighted by molar-refractivity contribution is -0.0860. The van der Waals surface area contributed by atoms with E-state index in [1.54, 1.807) is 0 Å². The summed E-state index contributed by atoms with van der Waals surface area (Å²) in [4.78, 5) is 0. The van der Waals surface area contributed by atoms with E-state index in [1.807, 2.05) is 18.2 Å². The maximum atomic E-state index is 11.6. The van der Waals surface area contributed by atoms with Gasteiger partial charge in [0, 0.05) is 0 Å². The van der Waals surface area contributed by atoms with Crippen LogP contribution in [0, 0.1) is 0 Å². The molecular formula is C57H62O5Si2. The van der Waals surface area contributed by atoms with Gasteiger partial charge in [-0.15, -0.1) is 0 Å². The number of hydrogen-bond acceptors (Lipinski definition) is 5. The Hall–Kier alpha value is -5.23. The first kappa shape index (κ1) is 45.3. The first-order valence-corrected chi connectivity index (χ1v) is 26.4. The van der Waals surface area contributed by atoms with Gasteiger partial charge in [-0.1, -0.05) is 254 Å². The molecule has 7 aromatic rings. The summed E-state index contributed by atoms with van der Waals surface area (Å²) in [7, 11) is -6.51. The van der Waals surface area contributed by atoms with Crippen molar-refractivity contribution in [3.05, 3.63) is 229 Å². The molecule has 1 N–H and O–H groups in total. The molecule has 8 rings (SSSR count). The molecule has 1 aliphatic heterocycles. The minimum atomic E-state index is -3.27. The van der Waals surface area contributed by atoms with Crippen LogP contribution in [0.4, 0.5) is 0 Å². The van der Waals surface area contributed by atoms with Crippen LogP contribution in [0.25, 0.3) is 0 Å². The second-order valence-electron chi connectivity index (χ2n) is 19.0. The Balaban J connectivity index is 1.35. The second kappa shape index (κ2) is 19.1. The van der Waals surface area contributed by atoms with Gasteiger partial charge in [-0.3, -0.25) is 0 Å². The van der Waals surface area contributed by atoms with Gasteiger partial charge in [-0.25, -0.2) is 0 Å². The van der Waals surface area contributed by atoms with Gasteiger partial charge in [0.25, 0.3) is 16.6 Å². The molecule has 1 aliphatic rings. The van der Waals surface area contributed by atoms with Crippen LogP contribution in [0.2, 0.25) is 10.1 Å². The summed E-state index contributed by atoms with van der Waals surface area (Å²) >= 11 is 0. The van der Waals surface area contributed by atoms with E-state index >= 15 is 0 Å². The van der Waals surface area contributed by atoms with Crippen LogP contribution in [-0.4, -0.2) is 59.4 Å². The molecular weight excluding hydrogens is 821 g/mol. The fourth-order valence-corrected chi connectivity index (χ4v) is 19.6. The Kier molecular flexibility index (Phi) is 13.5. The SMILES string of the molecule is CC(C)(C)[Si](O[C@H]1[C@H](O[Si](c2ccccc2)(c2ccccc2)C(C)(C)C)[C@@H](COC(c2ccccc2)(c2ccccc2)c2ccccc2)O[C@@H]1CO)(c1ccccc1)c1ccccc1. The maximum Gasteiger partial charge on any atom is 0.261 e. The molecule has 0 aliphatic carbocycles. The number of benzene rings is 7. The highest BCUT2D eigenvalue weighted by molar-refractivity contribution is 7.00. The van der Waals surface area contributed by atoms with E-state index in [9.17, 15) is 5.11 Å². The summed E-state index contributed by atoms with van der Waals surface area (Å²) in [5.74, 6) is 0. The summed E-state index contributed by atoms with van der Waals surface area (Å²) < 4.78 is 31.1. The van der Waals surface area contributed by atoms with Gasteiger partial charge in [0.15, 0.2) is 0 Å². The van der Waals surface area contributed by atoms with Gasteiger partial charge in [0.2, 0.25) is 0 Å². The zero-order chi connectivity index (χ0) is 44.8. The summed E-state index contributed by atoms with van der Waals surface area (Å²) in [5, 5.41) is 15.5. The van der Waals surface area contributed by atoms with E-state index in [0.717, 1.165) is 37.4 Å². The highest BCUT2D eigenvalue weighted by atomic mass is 28.4. The average Bonchev–Trinajstić information content (AvgIpc) is 3.66. The molecule has 0 amide bonds. The van der Waals surface area contributed by atoms with E-state index in [4.69, 9.17) is 18.3 Å². The van der Waals surface area contributed by atoms with Crippen LogP contribution in [0.3, 0.4) is 0 Å². The third-order valence-corrected chi connectivity index (χ3v) is 23.1. The molecule has 328 valence electrons. The number of hydrogen-bond donors (Lipinski definition) is 1. The average molecular weight is 883 g/mol.